The average molecular weight is 233 g/mol. The summed E-state index contributed by atoms with van der Waals surface area (Å²) in [5, 5.41) is 2.73. The quantitative estimate of drug-likeness (QED) is 0.855. The second-order valence-electron chi connectivity index (χ2n) is 3.41. The molecule has 0 saturated carbocycles. The van der Waals surface area contributed by atoms with E-state index in [1.54, 1.807) is 31.3 Å². The van der Waals surface area contributed by atoms with Crippen molar-refractivity contribution in [1.29, 1.82) is 0 Å². The van der Waals surface area contributed by atoms with E-state index in [-0.39, 0.29) is 5.82 Å². The van der Waals surface area contributed by atoms with Crippen LogP contribution in [0, 0.1) is 5.82 Å². The first-order valence-corrected chi connectivity index (χ1v) is 5.06. The van der Waals surface area contributed by atoms with Crippen LogP contribution in [0.4, 0.5) is 15.9 Å². The standard InChI is InChI=1S/C12H12FN3O/c1-15-11-3-2-8(6-10(11)13)17-9-4-5-16-12(14)7-9/h2-7,15H,1H3,(H2,14,16). The monoisotopic (exact) mass is 233 g/mol. The molecule has 1 aromatic carbocycles. The van der Waals surface area contributed by atoms with Crippen LogP contribution in [0.5, 0.6) is 11.5 Å². The Hall–Kier alpha value is -2.30. The van der Waals surface area contributed by atoms with Crippen LogP contribution in [-0.2, 0) is 0 Å². The lowest BCUT2D eigenvalue weighted by Gasteiger charge is -2.08. The van der Waals surface area contributed by atoms with Gasteiger partial charge in [-0.05, 0) is 18.2 Å². The summed E-state index contributed by atoms with van der Waals surface area (Å²) < 4.78 is 18.9. The number of rotatable bonds is 3. The first kappa shape index (κ1) is 11.2. The molecule has 0 aliphatic carbocycles. The molecule has 1 heterocycles. The van der Waals surface area contributed by atoms with Gasteiger partial charge in [0.1, 0.15) is 23.1 Å². The molecule has 0 saturated heterocycles. The van der Waals surface area contributed by atoms with Crippen molar-refractivity contribution in [2.75, 3.05) is 18.1 Å². The van der Waals surface area contributed by atoms with Gasteiger partial charge in [0.15, 0.2) is 0 Å². The Morgan fingerprint density at radius 3 is 2.65 bits per heavy atom. The van der Waals surface area contributed by atoms with Gasteiger partial charge in [0.2, 0.25) is 0 Å². The van der Waals surface area contributed by atoms with Gasteiger partial charge in [-0.25, -0.2) is 9.37 Å². The Balaban J connectivity index is 2.22. The molecule has 5 heteroatoms. The summed E-state index contributed by atoms with van der Waals surface area (Å²) in [5.74, 6) is 0.919. The predicted molar refractivity (Wildman–Crippen MR) is 64.7 cm³/mol. The highest BCUT2D eigenvalue weighted by atomic mass is 19.1. The van der Waals surface area contributed by atoms with E-state index in [0.29, 0.717) is 23.0 Å². The van der Waals surface area contributed by atoms with E-state index in [9.17, 15) is 4.39 Å². The van der Waals surface area contributed by atoms with E-state index < -0.39 is 0 Å². The number of nitrogen functional groups attached to an aromatic ring is 1. The lowest BCUT2D eigenvalue weighted by Crippen LogP contribution is -1.94. The Bertz CT molecular complexity index is 531. The molecule has 17 heavy (non-hydrogen) atoms. The summed E-state index contributed by atoms with van der Waals surface area (Å²) in [4.78, 5) is 3.84. The molecule has 0 spiro atoms. The Morgan fingerprint density at radius 2 is 2.00 bits per heavy atom. The highest BCUT2D eigenvalue weighted by Gasteiger charge is 2.04. The largest absolute Gasteiger partial charge is 0.457 e. The summed E-state index contributed by atoms with van der Waals surface area (Å²) in [7, 11) is 1.66. The maximum atomic E-state index is 13.5. The van der Waals surface area contributed by atoms with Crippen LogP contribution in [0.1, 0.15) is 0 Å². The number of nitrogens with zero attached hydrogens (tertiary/aromatic N) is 1. The van der Waals surface area contributed by atoms with Gasteiger partial charge in [-0.1, -0.05) is 0 Å². The molecule has 0 fully saturated rings. The van der Waals surface area contributed by atoms with Crippen molar-refractivity contribution < 1.29 is 9.13 Å². The first-order valence-electron chi connectivity index (χ1n) is 5.06. The van der Waals surface area contributed by atoms with Crippen molar-refractivity contribution in [1.82, 2.24) is 4.98 Å². The van der Waals surface area contributed by atoms with Crippen molar-refractivity contribution in [3.63, 3.8) is 0 Å². The van der Waals surface area contributed by atoms with Crippen molar-refractivity contribution in [2.24, 2.45) is 0 Å². The van der Waals surface area contributed by atoms with E-state index in [4.69, 9.17) is 10.5 Å². The van der Waals surface area contributed by atoms with E-state index in [0.717, 1.165) is 0 Å². The minimum absolute atomic E-state index is 0.356. The molecule has 2 aromatic rings. The van der Waals surface area contributed by atoms with Crippen LogP contribution in [0.25, 0.3) is 0 Å². The maximum Gasteiger partial charge on any atom is 0.149 e. The Kier molecular flexibility index (Phi) is 3.09. The van der Waals surface area contributed by atoms with E-state index in [1.165, 1.54) is 12.3 Å². The molecule has 0 aliphatic heterocycles. The van der Waals surface area contributed by atoms with Crippen LogP contribution in [0.2, 0.25) is 0 Å². The molecule has 0 atom stereocenters. The highest BCUT2D eigenvalue weighted by molar-refractivity contribution is 5.48. The first-order chi connectivity index (χ1) is 8.19. The molecule has 0 radical (unpaired) electrons. The Morgan fingerprint density at radius 1 is 1.24 bits per heavy atom. The second-order valence-corrected chi connectivity index (χ2v) is 3.41. The fraction of sp³-hybridized carbons (Fsp3) is 0.0833. The Labute approximate surface area is 98.2 Å². The van der Waals surface area contributed by atoms with Crippen LogP contribution in [0.3, 0.4) is 0 Å². The number of benzene rings is 1. The third kappa shape index (κ3) is 2.63. The number of hydrogen-bond donors (Lipinski definition) is 2. The van der Waals surface area contributed by atoms with Gasteiger partial charge in [0.25, 0.3) is 0 Å². The molecule has 3 N–H and O–H groups in total. The summed E-state index contributed by atoms with van der Waals surface area (Å²) >= 11 is 0. The number of aromatic nitrogens is 1. The number of hydrogen-bond acceptors (Lipinski definition) is 4. The van der Waals surface area contributed by atoms with Gasteiger partial charge >= 0.3 is 0 Å². The lowest BCUT2D eigenvalue weighted by atomic mass is 10.3. The molecule has 1 aromatic heterocycles. The second kappa shape index (κ2) is 4.69. The third-order valence-corrected chi connectivity index (χ3v) is 2.20. The smallest absolute Gasteiger partial charge is 0.149 e. The zero-order chi connectivity index (χ0) is 12.3. The van der Waals surface area contributed by atoms with Crippen LogP contribution >= 0.6 is 0 Å². The molecule has 0 bridgehead atoms. The van der Waals surface area contributed by atoms with Gasteiger partial charge < -0.3 is 15.8 Å². The van der Waals surface area contributed by atoms with Crippen molar-refractivity contribution in [2.45, 2.75) is 0 Å². The van der Waals surface area contributed by atoms with Crippen LogP contribution < -0.4 is 15.8 Å². The maximum absolute atomic E-state index is 13.5. The lowest BCUT2D eigenvalue weighted by molar-refractivity contribution is 0.477. The summed E-state index contributed by atoms with van der Waals surface area (Å²) in [6.45, 7) is 0. The van der Waals surface area contributed by atoms with Crippen LogP contribution in [0.15, 0.2) is 36.5 Å². The molecule has 2 rings (SSSR count). The molecule has 0 unspecified atom stereocenters. The van der Waals surface area contributed by atoms with Gasteiger partial charge in [-0.2, -0.15) is 0 Å². The van der Waals surface area contributed by atoms with Crippen molar-refractivity contribution >= 4 is 11.5 Å². The third-order valence-electron chi connectivity index (χ3n) is 2.20. The topological polar surface area (TPSA) is 60.2 Å². The predicted octanol–water partition coefficient (Wildman–Crippen LogP) is 2.64. The number of anilines is 2. The van der Waals surface area contributed by atoms with E-state index in [2.05, 4.69) is 10.3 Å². The van der Waals surface area contributed by atoms with Crippen molar-refractivity contribution in [3.05, 3.63) is 42.3 Å². The number of ether oxygens (including phenoxy) is 1. The normalized spacial score (nSPS) is 10.0. The van der Waals surface area contributed by atoms with Gasteiger partial charge in [-0.3, -0.25) is 0 Å². The number of nitrogens with one attached hydrogen (secondary N) is 1. The summed E-state index contributed by atoms with van der Waals surface area (Å²) in [6.07, 6.45) is 1.53. The molecular weight excluding hydrogens is 221 g/mol. The number of nitrogens with two attached hydrogens (primary N) is 1. The van der Waals surface area contributed by atoms with Crippen LogP contribution in [-0.4, -0.2) is 12.0 Å². The molecule has 4 nitrogen and oxygen atoms in total. The zero-order valence-corrected chi connectivity index (χ0v) is 9.27. The fourth-order valence-electron chi connectivity index (χ4n) is 1.39. The molecule has 0 aliphatic rings. The van der Waals surface area contributed by atoms with E-state index >= 15 is 0 Å². The highest BCUT2D eigenvalue weighted by Crippen LogP contribution is 2.25. The summed E-state index contributed by atoms with van der Waals surface area (Å²) in [6, 6.07) is 7.81. The molecule has 0 amide bonds. The van der Waals surface area contributed by atoms with E-state index in [1.807, 2.05) is 0 Å². The number of halogens is 1. The SMILES string of the molecule is CNc1ccc(Oc2ccnc(N)c2)cc1F. The van der Waals surface area contributed by atoms with Gasteiger partial charge in [0, 0.05) is 25.4 Å². The molecular formula is C12H12FN3O. The zero-order valence-electron chi connectivity index (χ0n) is 9.27. The number of pyridine rings is 1. The van der Waals surface area contributed by atoms with Gasteiger partial charge in [0.05, 0.1) is 5.69 Å². The molecule has 88 valence electrons. The summed E-state index contributed by atoms with van der Waals surface area (Å²) in [5.41, 5.74) is 5.94. The van der Waals surface area contributed by atoms with Crippen molar-refractivity contribution in [3.8, 4) is 11.5 Å². The average Bonchev–Trinajstić information content (AvgIpc) is 2.29. The minimum Gasteiger partial charge on any atom is -0.457 e. The van der Waals surface area contributed by atoms with Gasteiger partial charge in [-0.15, -0.1) is 0 Å². The minimum atomic E-state index is -0.368. The fourth-order valence-corrected chi connectivity index (χ4v) is 1.39.